The molecule has 3 aliphatic heterocycles. The van der Waals surface area contributed by atoms with Crippen molar-refractivity contribution in [3.05, 3.63) is 81.6 Å². The van der Waals surface area contributed by atoms with Crippen LogP contribution in [0.15, 0.2) is 69.9 Å². The fraction of sp³-hybridized carbons (Fsp3) is 0.471. The number of allylic oxidation sites excluding steroid dienone is 7. The summed E-state index contributed by atoms with van der Waals surface area (Å²) in [6.07, 6.45) is 15.5. The molecule has 0 aromatic heterocycles. The molecule has 1 saturated heterocycles. The van der Waals surface area contributed by atoms with Gasteiger partial charge in [0.05, 0.1) is 44.7 Å². The SMILES string of the molecule is C\C=C/C=C(C)/C1=N\C(C(=O)C2=CCCOCC23COC3)=C(/C)CCc2cc(OC)c(CC(C)C)cc2C=C1. The Labute approximate surface area is 234 Å². The van der Waals surface area contributed by atoms with Crippen molar-refractivity contribution in [2.24, 2.45) is 16.3 Å². The van der Waals surface area contributed by atoms with E-state index in [2.05, 4.69) is 44.2 Å². The first-order chi connectivity index (χ1) is 18.8. The Morgan fingerprint density at radius 2 is 1.92 bits per heavy atom. The minimum atomic E-state index is -0.371. The van der Waals surface area contributed by atoms with Crippen LogP contribution in [0.3, 0.4) is 0 Å². The van der Waals surface area contributed by atoms with Gasteiger partial charge >= 0.3 is 0 Å². The van der Waals surface area contributed by atoms with Gasteiger partial charge in [-0.1, -0.05) is 44.2 Å². The number of methoxy groups -OCH3 is 1. The Kier molecular flexibility index (Phi) is 9.58. The van der Waals surface area contributed by atoms with Gasteiger partial charge in [0.1, 0.15) is 11.4 Å². The van der Waals surface area contributed by atoms with Crippen molar-refractivity contribution < 1.29 is 19.0 Å². The molecule has 3 heterocycles. The molecule has 1 spiro atoms. The zero-order chi connectivity index (χ0) is 28.0. The maximum Gasteiger partial charge on any atom is 0.207 e. The van der Waals surface area contributed by atoms with Crippen LogP contribution in [-0.4, -0.2) is 45.0 Å². The Morgan fingerprint density at radius 1 is 1.15 bits per heavy atom. The predicted molar refractivity (Wildman–Crippen MR) is 159 cm³/mol. The largest absolute Gasteiger partial charge is 0.496 e. The summed E-state index contributed by atoms with van der Waals surface area (Å²) in [4.78, 5) is 19.3. The molecule has 4 rings (SSSR count). The summed E-state index contributed by atoms with van der Waals surface area (Å²) in [7, 11) is 1.74. The zero-order valence-electron chi connectivity index (χ0n) is 24.4. The van der Waals surface area contributed by atoms with E-state index in [0.29, 0.717) is 38.0 Å². The van der Waals surface area contributed by atoms with Crippen molar-refractivity contribution >= 4 is 17.6 Å². The highest BCUT2D eigenvalue weighted by Crippen LogP contribution is 2.40. The van der Waals surface area contributed by atoms with Crippen LogP contribution in [0.1, 0.15) is 64.2 Å². The number of hydrogen-bond acceptors (Lipinski definition) is 5. The number of nitrogens with zero attached hydrogens (tertiary/aromatic N) is 1. The monoisotopic (exact) mass is 529 g/mol. The molecule has 5 heteroatoms. The average Bonchev–Trinajstić information content (AvgIpc) is 3.13. The average molecular weight is 530 g/mol. The summed E-state index contributed by atoms with van der Waals surface area (Å²) >= 11 is 0. The summed E-state index contributed by atoms with van der Waals surface area (Å²) in [5.41, 5.74) is 7.34. The fourth-order valence-corrected chi connectivity index (χ4v) is 5.40. The number of aliphatic imine (C=N–C) groups is 1. The number of aryl methyl sites for hydroxylation is 1. The molecule has 0 N–H and O–H groups in total. The van der Waals surface area contributed by atoms with Gasteiger partial charge in [0.15, 0.2) is 0 Å². The summed E-state index contributed by atoms with van der Waals surface area (Å²) in [6, 6.07) is 4.44. The Hall–Kier alpha value is -3.02. The lowest BCUT2D eigenvalue weighted by molar-refractivity contribution is -0.135. The van der Waals surface area contributed by atoms with E-state index in [9.17, 15) is 4.79 Å². The minimum Gasteiger partial charge on any atom is -0.496 e. The molecule has 0 unspecified atom stereocenters. The molecule has 1 aromatic rings. The van der Waals surface area contributed by atoms with E-state index in [4.69, 9.17) is 19.2 Å². The number of carbonyl (C=O) groups is 1. The summed E-state index contributed by atoms with van der Waals surface area (Å²) in [6.45, 7) is 12.7. The molecule has 0 bridgehead atoms. The number of rotatable bonds is 7. The second-order valence-electron chi connectivity index (χ2n) is 11.4. The third-order valence-corrected chi connectivity index (χ3v) is 7.72. The van der Waals surface area contributed by atoms with Crippen LogP contribution >= 0.6 is 0 Å². The van der Waals surface area contributed by atoms with Gasteiger partial charge in [0.2, 0.25) is 5.78 Å². The topological polar surface area (TPSA) is 57.1 Å². The minimum absolute atomic E-state index is 0.00306. The number of hydrogen-bond donors (Lipinski definition) is 0. The van der Waals surface area contributed by atoms with Crippen molar-refractivity contribution in [2.75, 3.05) is 33.5 Å². The summed E-state index contributed by atoms with van der Waals surface area (Å²) in [5.74, 6) is 1.45. The lowest BCUT2D eigenvalue weighted by atomic mass is 9.75. The Bertz CT molecular complexity index is 1270. The quantitative estimate of drug-likeness (QED) is 0.356. The van der Waals surface area contributed by atoms with Gasteiger partial charge in [-0.2, -0.15) is 0 Å². The molecule has 39 heavy (non-hydrogen) atoms. The standard InChI is InChI=1S/C34H43NO4/c1-7-8-10-24(4)30-15-14-26-18-28(17-23(2)3)31(37-6)19-27(26)13-12-25(5)32(35-30)33(36)29-11-9-16-38-20-34(29)21-39-22-34/h7-8,10-11,14-15,18-19,23H,9,12-13,16-17,20-22H2,1-6H3/b8-7-,15-14?,24-10+,32-25+,35-30-. The number of ketones is 1. The lowest BCUT2D eigenvalue weighted by Crippen LogP contribution is -2.49. The maximum atomic E-state index is 14.2. The van der Waals surface area contributed by atoms with Gasteiger partial charge in [-0.3, -0.25) is 4.79 Å². The molecule has 1 fully saturated rings. The second kappa shape index (κ2) is 12.9. The number of ether oxygens (including phenoxy) is 3. The van der Waals surface area contributed by atoms with E-state index in [1.54, 1.807) is 7.11 Å². The van der Waals surface area contributed by atoms with Crippen LogP contribution in [0.5, 0.6) is 5.75 Å². The molecule has 208 valence electrons. The highest BCUT2D eigenvalue weighted by molar-refractivity contribution is 6.16. The zero-order valence-corrected chi connectivity index (χ0v) is 24.4. The van der Waals surface area contributed by atoms with Crippen molar-refractivity contribution in [2.45, 2.75) is 60.3 Å². The smallest absolute Gasteiger partial charge is 0.207 e. The van der Waals surface area contributed by atoms with Crippen LogP contribution in [0.4, 0.5) is 0 Å². The fourth-order valence-electron chi connectivity index (χ4n) is 5.40. The number of fused-ring (bicyclic) bond motifs is 1. The van der Waals surface area contributed by atoms with Gasteiger partial charge in [-0.15, -0.1) is 0 Å². The Balaban J connectivity index is 1.83. The molecule has 0 amide bonds. The maximum absolute atomic E-state index is 14.2. The van der Waals surface area contributed by atoms with Crippen molar-refractivity contribution in [3.8, 4) is 5.75 Å². The number of Topliss-reactive ketones (excluding diaryl/α,β-unsaturated/α-hetero) is 1. The van der Waals surface area contributed by atoms with Gasteiger partial charge < -0.3 is 14.2 Å². The van der Waals surface area contributed by atoms with Gasteiger partial charge in [0, 0.05) is 5.57 Å². The van der Waals surface area contributed by atoms with Crippen molar-refractivity contribution in [1.29, 1.82) is 0 Å². The van der Waals surface area contributed by atoms with Gasteiger partial charge in [0.25, 0.3) is 0 Å². The highest BCUT2D eigenvalue weighted by atomic mass is 16.5. The van der Waals surface area contributed by atoms with Crippen LogP contribution in [-0.2, 0) is 27.1 Å². The molecule has 5 nitrogen and oxygen atoms in total. The Morgan fingerprint density at radius 3 is 2.59 bits per heavy atom. The normalized spacial score (nSPS) is 23.1. The third-order valence-electron chi connectivity index (χ3n) is 7.72. The van der Waals surface area contributed by atoms with E-state index >= 15 is 0 Å². The first kappa shape index (κ1) is 29.0. The number of benzene rings is 1. The number of carbonyl (C=O) groups excluding carboxylic acids is 1. The summed E-state index contributed by atoms with van der Waals surface area (Å²) < 4.78 is 17.2. The summed E-state index contributed by atoms with van der Waals surface area (Å²) in [5, 5.41) is 0. The van der Waals surface area contributed by atoms with Gasteiger partial charge in [-0.25, -0.2) is 4.99 Å². The van der Waals surface area contributed by atoms with E-state index < -0.39 is 0 Å². The van der Waals surface area contributed by atoms with Crippen molar-refractivity contribution in [1.82, 2.24) is 0 Å². The van der Waals surface area contributed by atoms with Crippen LogP contribution in [0.2, 0.25) is 0 Å². The first-order valence-electron chi connectivity index (χ1n) is 14.1. The molecule has 1 aromatic carbocycles. The van der Waals surface area contributed by atoms with E-state index in [-0.39, 0.29) is 11.2 Å². The van der Waals surface area contributed by atoms with Crippen LogP contribution in [0, 0.1) is 11.3 Å². The third kappa shape index (κ3) is 6.59. The van der Waals surface area contributed by atoms with E-state index in [1.807, 2.05) is 39.0 Å². The molecule has 0 atom stereocenters. The van der Waals surface area contributed by atoms with E-state index in [0.717, 1.165) is 53.9 Å². The van der Waals surface area contributed by atoms with Crippen LogP contribution < -0.4 is 4.74 Å². The second-order valence-corrected chi connectivity index (χ2v) is 11.4. The van der Waals surface area contributed by atoms with Gasteiger partial charge in [-0.05, 0) is 98.4 Å². The molecule has 0 radical (unpaired) electrons. The first-order valence-corrected chi connectivity index (χ1v) is 14.1. The molecule has 0 aliphatic carbocycles. The molecular weight excluding hydrogens is 486 g/mol. The molecule has 0 saturated carbocycles. The molecular formula is C34H43NO4. The molecule has 3 aliphatic rings. The predicted octanol–water partition coefficient (Wildman–Crippen LogP) is 7.02. The van der Waals surface area contributed by atoms with Crippen molar-refractivity contribution in [3.63, 3.8) is 0 Å². The highest BCUT2D eigenvalue weighted by Gasteiger charge is 2.46. The van der Waals surface area contributed by atoms with Crippen LogP contribution in [0.25, 0.3) is 6.08 Å². The van der Waals surface area contributed by atoms with E-state index in [1.165, 1.54) is 16.7 Å². The lowest BCUT2D eigenvalue weighted by Gasteiger charge is -2.41.